The van der Waals surface area contributed by atoms with Gasteiger partial charge in [0.15, 0.2) is 0 Å². The van der Waals surface area contributed by atoms with Crippen LogP contribution in [-0.2, 0) is 0 Å². The van der Waals surface area contributed by atoms with Gasteiger partial charge in [0.05, 0.1) is 6.04 Å². The molecule has 0 aliphatic rings. The lowest BCUT2D eigenvalue weighted by Gasteiger charge is -2.28. The average molecular weight is 258 g/mol. The van der Waals surface area contributed by atoms with E-state index in [4.69, 9.17) is 28.9 Å². The van der Waals surface area contributed by atoms with Gasteiger partial charge >= 0.3 is 0 Å². The van der Waals surface area contributed by atoms with Crippen LogP contribution < -0.4 is 5.73 Å². The fourth-order valence-corrected chi connectivity index (χ4v) is 1.44. The summed E-state index contributed by atoms with van der Waals surface area (Å²) in [5.74, 6) is 0.103. The zero-order valence-electron chi connectivity index (χ0n) is 9.53. The lowest BCUT2D eigenvalue weighted by atomic mass is 10.0. The Morgan fingerprint density at radius 2 is 1.75 bits per heavy atom. The summed E-state index contributed by atoms with van der Waals surface area (Å²) in [6.07, 6.45) is 3.78. The van der Waals surface area contributed by atoms with Crippen LogP contribution in [0.2, 0.25) is 0 Å². The maximum Gasteiger partial charge on any atom is 0.139 e. The van der Waals surface area contributed by atoms with Crippen molar-refractivity contribution < 1.29 is 0 Å². The normalized spacial score (nSPS) is 14.6. The van der Waals surface area contributed by atoms with Crippen LogP contribution in [0.4, 0.5) is 0 Å². The molecule has 1 unspecified atom stereocenters. The van der Waals surface area contributed by atoms with E-state index < -0.39 is 4.33 Å². The van der Waals surface area contributed by atoms with Gasteiger partial charge in [0, 0.05) is 0 Å². The molecule has 0 aromatic heterocycles. The van der Waals surface area contributed by atoms with E-state index in [1.807, 2.05) is 56.3 Å². The van der Waals surface area contributed by atoms with Gasteiger partial charge in [-0.25, -0.2) is 0 Å². The van der Waals surface area contributed by atoms with E-state index in [9.17, 15) is 0 Å². The molecule has 0 aliphatic carbocycles. The SMILES string of the molecule is CC(C)C(Cl)(Cl)C(N)/C=C/c1ccccc1. The zero-order chi connectivity index (χ0) is 12.2. The summed E-state index contributed by atoms with van der Waals surface area (Å²) in [4.78, 5) is 0. The summed E-state index contributed by atoms with van der Waals surface area (Å²) >= 11 is 12.4. The number of hydrogen-bond acceptors (Lipinski definition) is 1. The summed E-state index contributed by atoms with van der Waals surface area (Å²) in [5, 5.41) is 0. The van der Waals surface area contributed by atoms with Crippen LogP contribution in [0.1, 0.15) is 19.4 Å². The highest BCUT2D eigenvalue weighted by molar-refractivity contribution is 6.49. The molecule has 0 fully saturated rings. The van der Waals surface area contributed by atoms with Crippen LogP contribution in [0, 0.1) is 5.92 Å². The predicted octanol–water partition coefficient (Wildman–Crippen LogP) is 3.86. The van der Waals surface area contributed by atoms with E-state index >= 15 is 0 Å². The summed E-state index contributed by atoms with van der Waals surface area (Å²) in [5.41, 5.74) is 7.04. The molecule has 0 saturated heterocycles. The van der Waals surface area contributed by atoms with Crippen LogP contribution in [0.15, 0.2) is 36.4 Å². The highest BCUT2D eigenvalue weighted by Gasteiger charge is 2.33. The first kappa shape index (κ1) is 13.6. The smallest absolute Gasteiger partial charge is 0.139 e. The molecule has 0 aliphatic heterocycles. The first-order valence-electron chi connectivity index (χ1n) is 5.31. The summed E-state index contributed by atoms with van der Waals surface area (Å²) in [6, 6.07) is 9.55. The maximum atomic E-state index is 6.18. The van der Waals surface area contributed by atoms with Crippen molar-refractivity contribution in [3.63, 3.8) is 0 Å². The Bertz CT molecular complexity index is 344. The number of nitrogens with two attached hydrogens (primary N) is 1. The van der Waals surface area contributed by atoms with Gasteiger partial charge in [0.1, 0.15) is 4.33 Å². The van der Waals surface area contributed by atoms with E-state index in [0.717, 1.165) is 5.56 Å². The largest absolute Gasteiger partial charge is 0.322 e. The van der Waals surface area contributed by atoms with Crippen molar-refractivity contribution in [1.82, 2.24) is 0 Å². The molecule has 0 radical (unpaired) electrons. The Hall–Kier alpha value is -0.500. The van der Waals surface area contributed by atoms with Gasteiger partial charge < -0.3 is 5.73 Å². The molecule has 1 nitrogen and oxygen atoms in total. The number of rotatable bonds is 4. The van der Waals surface area contributed by atoms with Gasteiger partial charge in [0.25, 0.3) is 0 Å². The van der Waals surface area contributed by atoms with E-state index in [1.165, 1.54) is 0 Å². The first-order valence-corrected chi connectivity index (χ1v) is 6.07. The van der Waals surface area contributed by atoms with Crippen LogP contribution >= 0.6 is 23.2 Å². The molecule has 1 aromatic rings. The van der Waals surface area contributed by atoms with Crippen molar-refractivity contribution in [2.24, 2.45) is 11.7 Å². The quantitative estimate of drug-likeness (QED) is 0.815. The van der Waals surface area contributed by atoms with Crippen LogP contribution in [0.5, 0.6) is 0 Å². The van der Waals surface area contributed by atoms with Crippen LogP contribution in [0.25, 0.3) is 6.08 Å². The van der Waals surface area contributed by atoms with Gasteiger partial charge in [-0.3, -0.25) is 0 Å². The zero-order valence-corrected chi connectivity index (χ0v) is 11.0. The van der Waals surface area contributed by atoms with Gasteiger partial charge in [-0.05, 0) is 11.5 Å². The third-order valence-electron chi connectivity index (χ3n) is 2.51. The van der Waals surface area contributed by atoms with Crippen molar-refractivity contribution in [3.8, 4) is 0 Å². The summed E-state index contributed by atoms with van der Waals surface area (Å²) in [7, 11) is 0. The van der Waals surface area contributed by atoms with Crippen molar-refractivity contribution in [2.75, 3.05) is 0 Å². The summed E-state index contributed by atoms with van der Waals surface area (Å²) < 4.78 is -0.925. The molecule has 1 rings (SSSR count). The third kappa shape index (κ3) is 3.51. The Labute approximate surface area is 107 Å². The van der Waals surface area contributed by atoms with Gasteiger partial charge in [-0.15, -0.1) is 0 Å². The van der Waals surface area contributed by atoms with E-state index in [1.54, 1.807) is 0 Å². The Morgan fingerprint density at radius 1 is 1.19 bits per heavy atom. The summed E-state index contributed by atoms with van der Waals surface area (Å²) in [6.45, 7) is 3.91. The Morgan fingerprint density at radius 3 is 2.25 bits per heavy atom. The second kappa shape index (κ2) is 5.72. The second-order valence-electron chi connectivity index (χ2n) is 4.12. The van der Waals surface area contributed by atoms with E-state index in [2.05, 4.69) is 0 Å². The fraction of sp³-hybridized carbons (Fsp3) is 0.385. The molecule has 0 heterocycles. The van der Waals surface area contributed by atoms with Gasteiger partial charge in [-0.2, -0.15) is 0 Å². The van der Waals surface area contributed by atoms with Crippen molar-refractivity contribution in [3.05, 3.63) is 42.0 Å². The van der Waals surface area contributed by atoms with Crippen LogP contribution in [-0.4, -0.2) is 10.4 Å². The molecule has 16 heavy (non-hydrogen) atoms. The standard InChI is InChI=1S/C13H17Cl2N/c1-10(2)13(14,15)12(16)9-8-11-6-4-3-5-7-11/h3-10,12H,16H2,1-2H3/b9-8+. The van der Waals surface area contributed by atoms with Crippen molar-refractivity contribution >= 4 is 29.3 Å². The predicted molar refractivity (Wildman–Crippen MR) is 72.7 cm³/mol. The molecule has 3 heteroatoms. The molecule has 2 N–H and O–H groups in total. The molecule has 1 aromatic carbocycles. The average Bonchev–Trinajstić information content (AvgIpc) is 2.27. The van der Waals surface area contributed by atoms with Crippen molar-refractivity contribution in [1.29, 1.82) is 0 Å². The molecule has 0 saturated carbocycles. The minimum absolute atomic E-state index is 0.103. The molecule has 0 spiro atoms. The highest BCUT2D eigenvalue weighted by Crippen LogP contribution is 2.33. The lowest BCUT2D eigenvalue weighted by molar-refractivity contribution is 0.508. The molecular weight excluding hydrogens is 241 g/mol. The fourth-order valence-electron chi connectivity index (χ4n) is 1.29. The number of halogens is 2. The van der Waals surface area contributed by atoms with Crippen LogP contribution in [0.3, 0.4) is 0 Å². The van der Waals surface area contributed by atoms with E-state index in [0.29, 0.717) is 0 Å². The molecular formula is C13H17Cl2N. The number of alkyl halides is 2. The minimum atomic E-state index is -0.925. The first-order chi connectivity index (χ1) is 7.44. The Kier molecular flexibility index (Phi) is 4.85. The lowest BCUT2D eigenvalue weighted by Crippen LogP contribution is -2.41. The molecule has 0 bridgehead atoms. The third-order valence-corrected chi connectivity index (χ3v) is 3.89. The second-order valence-corrected chi connectivity index (χ2v) is 5.57. The number of hydrogen-bond donors (Lipinski definition) is 1. The maximum absolute atomic E-state index is 6.18. The molecule has 88 valence electrons. The molecule has 1 atom stereocenters. The topological polar surface area (TPSA) is 26.0 Å². The Balaban J connectivity index is 2.71. The minimum Gasteiger partial charge on any atom is -0.322 e. The highest BCUT2D eigenvalue weighted by atomic mass is 35.5. The number of benzene rings is 1. The van der Waals surface area contributed by atoms with Gasteiger partial charge in [0.2, 0.25) is 0 Å². The monoisotopic (exact) mass is 257 g/mol. The van der Waals surface area contributed by atoms with Gasteiger partial charge in [-0.1, -0.05) is 79.5 Å². The van der Waals surface area contributed by atoms with Crippen molar-refractivity contribution in [2.45, 2.75) is 24.2 Å². The van der Waals surface area contributed by atoms with E-state index in [-0.39, 0.29) is 12.0 Å². The molecule has 0 amide bonds.